The second kappa shape index (κ2) is 8.50. The Morgan fingerprint density at radius 2 is 1.63 bits per heavy atom. The van der Waals surface area contributed by atoms with Crippen LogP contribution in [0.1, 0.15) is 25.0 Å². The van der Waals surface area contributed by atoms with E-state index in [1.165, 1.54) is 18.7 Å². The second-order valence-corrected chi connectivity index (χ2v) is 7.01. The molecule has 2 aliphatic heterocycles. The molecule has 0 atom stereocenters. The first-order valence-corrected chi connectivity index (χ1v) is 8.62. The van der Waals surface area contributed by atoms with E-state index >= 15 is 0 Å². The van der Waals surface area contributed by atoms with E-state index in [2.05, 4.69) is 4.99 Å². The van der Waals surface area contributed by atoms with Gasteiger partial charge in [0.25, 0.3) is 0 Å². The average Bonchev–Trinajstić information content (AvgIpc) is 2.87. The lowest BCUT2D eigenvalue weighted by molar-refractivity contribution is -0.222. The summed E-state index contributed by atoms with van der Waals surface area (Å²) in [6, 6.07) is 5.77. The highest BCUT2D eigenvalue weighted by Gasteiger charge is 2.52. The Kier molecular flexibility index (Phi) is 6.65. The van der Waals surface area contributed by atoms with Gasteiger partial charge in [-0.15, -0.1) is 0 Å². The first kappa shape index (κ1) is 23.5. The summed E-state index contributed by atoms with van der Waals surface area (Å²) in [6.45, 7) is 3.08. The molecular weight excluding hydrogens is 416 g/mol. The molecule has 164 valence electrons. The number of fused-ring (bicyclic) bond motifs is 1. The number of hydrogen-bond acceptors (Lipinski definition) is 4. The van der Waals surface area contributed by atoms with E-state index in [1.54, 1.807) is 12.4 Å². The van der Waals surface area contributed by atoms with Crippen molar-refractivity contribution in [3.63, 3.8) is 0 Å². The molecule has 0 spiro atoms. The quantitative estimate of drug-likeness (QED) is 0.675. The molecule has 1 N–H and O–H groups in total. The fraction of sp³-hybridized carbons (Fsp3) is 0.368. The van der Waals surface area contributed by atoms with Gasteiger partial charge in [0.2, 0.25) is 0 Å². The molecule has 0 radical (unpaired) electrons. The number of rotatable bonds is 2. The monoisotopic (exact) mass is 435 g/mol. The zero-order valence-electron chi connectivity index (χ0n) is 16.0. The third-order valence-electron chi connectivity index (χ3n) is 4.67. The van der Waals surface area contributed by atoms with Crippen molar-refractivity contribution in [2.75, 3.05) is 4.90 Å². The first-order chi connectivity index (χ1) is 13.7. The third-order valence-corrected chi connectivity index (χ3v) is 4.67. The molecule has 0 bridgehead atoms. The molecule has 2 heterocycles. The fourth-order valence-electron chi connectivity index (χ4n) is 2.68. The van der Waals surface area contributed by atoms with Crippen LogP contribution in [-0.2, 0) is 17.9 Å². The number of allylic oxidation sites excluding steroid dienone is 1. The van der Waals surface area contributed by atoms with Crippen LogP contribution in [0.15, 0.2) is 47.9 Å². The first-order valence-electron chi connectivity index (χ1n) is 8.62. The summed E-state index contributed by atoms with van der Waals surface area (Å²) < 4.78 is 71.5. The SMILES string of the molecule is CC(C)(N1Cc2ccc(N3C=CC=NC=C3)cc2C1)C(F)(F)F.O=C(O)C(F)(F)F. The number of halogens is 6. The van der Waals surface area contributed by atoms with Crippen LogP contribution in [-0.4, -0.2) is 40.1 Å². The zero-order valence-corrected chi connectivity index (χ0v) is 16.0. The van der Waals surface area contributed by atoms with Crippen LogP contribution in [0.2, 0.25) is 0 Å². The number of hydrogen-bond donors (Lipinski definition) is 1. The fourth-order valence-corrected chi connectivity index (χ4v) is 2.68. The minimum atomic E-state index is -5.08. The summed E-state index contributed by atoms with van der Waals surface area (Å²) in [4.78, 5) is 16.3. The smallest absolute Gasteiger partial charge is 0.475 e. The zero-order chi connectivity index (χ0) is 22.7. The number of carboxylic acid groups (broad SMARTS) is 1. The molecule has 1 aromatic rings. The summed E-state index contributed by atoms with van der Waals surface area (Å²) in [5.41, 5.74) is 0.952. The highest BCUT2D eigenvalue weighted by atomic mass is 19.4. The van der Waals surface area contributed by atoms with Gasteiger partial charge in [0.15, 0.2) is 0 Å². The van der Waals surface area contributed by atoms with Crippen molar-refractivity contribution in [3.8, 4) is 0 Å². The Morgan fingerprint density at radius 1 is 1.03 bits per heavy atom. The largest absolute Gasteiger partial charge is 0.490 e. The Bertz CT molecular complexity index is 856. The predicted molar refractivity (Wildman–Crippen MR) is 98.8 cm³/mol. The second-order valence-electron chi connectivity index (χ2n) is 7.01. The maximum absolute atomic E-state index is 13.2. The summed E-state index contributed by atoms with van der Waals surface area (Å²) in [6.07, 6.45) is -0.503. The number of anilines is 1. The average molecular weight is 435 g/mol. The van der Waals surface area contributed by atoms with Crippen molar-refractivity contribution in [2.45, 2.75) is 44.8 Å². The number of benzene rings is 1. The van der Waals surface area contributed by atoms with Crippen LogP contribution in [0.25, 0.3) is 0 Å². The van der Waals surface area contributed by atoms with Crippen LogP contribution in [0.5, 0.6) is 0 Å². The maximum Gasteiger partial charge on any atom is 0.490 e. The highest BCUT2D eigenvalue weighted by Crippen LogP contribution is 2.40. The summed E-state index contributed by atoms with van der Waals surface area (Å²) in [5, 5.41) is 7.12. The van der Waals surface area contributed by atoms with Gasteiger partial charge >= 0.3 is 18.3 Å². The van der Waals surface area contributed by atoms with Gasteiger partial charge in [-0.25, -0.2) is 4.79 Å². The van der Waals surface area contributed by atoms with E-state index in [0.29, 0.717) is 13.1 Å². The lowest BCUT2D eigenvalue weighted by atomic mass is 10.0. The van der Waals surface area contributed by atoms with Gasteiger partial charge in [0, 0.05) is 43.6 Å². The van der Waals surface area contributed by atoms with Gasteiger partial charge in [-0.2, -0.15) is 26.3 Å². The summed E-state index contributed by atoms with van der Waals surface area (Å²) in [5.74, 6) is -2.76. The minimum absolute atomic E-state index is 0.299. The van der Waals surface area contributed by atoms with Crippen molar-refractivity contribution in [1.29, 1.82) is 0 Å². The number of aliphatic carboxylic acids is 1. The van der Waals surface area contributed by atoms with Gasteiger partial charge in [-0.05, 0) is 43.2 Å². The van der Waals surface area contributed by atoms with E-state index in [9.17, 15) is 26.3 Å². The van der Waals surface area contributed by atoms with E-state index in [-0.39, 0.29) is 0 Å². The molecule has 0 unspecified atom stereocenters. The van der Waals surface area contributed by atoms with Crippen LogP contribution in [0.4, 0.5) is 32.0 Å². The topological polar surface area (TPSA) is 56.1 Å². The molecule has 0 aliphatic carbocycles. The van der Waals surface area contributed by atoms with Crippen molar-refractivity contribution in [3.05, 3.63) is 54.0 Å². The molecule has 3 rings (SSSR count). The van der Waals surface area contributed by atoms with Gasteiger partial charge in [-0.1, -0.05) is 6.07 Å². The number of alkyl halides is 6. The van der Waals surface area contributed by atoms with Crippen molar-refractivity contribution < 1.29 is 36.2 Å². The third kappa shape index (κ3) is 5.41. The Hall–Kier alpha value is -2.82. The molecule has 0 amide bonds. The lowest BCUT2D eigenvalue weighted by Crippen LogP contribution is -2.52. The van der Waals surface area contributed by atoms with E-state index in [4.69, 9.17) is 9.90 Å². The van der Waals surface area contributed by atoms with Gasteiger partial charge in [0.05, 0.1) is 0 Å². The standard InChI is InChI=1S/C17H18F3N3.C2HF3O2/c1-16(2,17(18,19)20)23-11-13-4-5-15(10-14(13)12-23)22-8-3-6-21-7-9-22;3-2(4,5)1(6)7/h3-10H,11-12H2,1-2H3;(H,6,7). The van der Waals surface area contributed by atoms with E-state index in [0.717, 1.165) is 16.8 Å². The molecular formula is C19H19F6N3O2. The predicted octanol–water partition coefficient (Wildman–Crippen LogP) is 4.85. The normalized spacial score (nSPS) is 16.7. The Morgan fingerprint density at radius 3 is 2.20 bits per heavy atom. The summed E-state index contributed by atoms with van der Waals surface area (Å²) in [7, 11) is 0. The van der Waals surface area contributed by atoms with Crippen LogP contribution >= 0.6 is 0 Å². The van der Waals surface area contributed by atoms with Gasteiger partial charge < -0.3 is 10.0 Å². The number of aliphatic imine (C=N–C) groups is 1. The van der Waals surface area contributed by atoms with Crippen LogP contribution in [0.3, 0.4) is 0 Å². The van der Waals surface area contributed by atoms with Crippen molar-refractivity contribution in [2.24, 2.45) is 4.99 Å². The van der Waals surface area contributed by atoms with Crippen molar-refractivity contribution in [1.82, 2.24) is 4.90 Å². The number of carbonyl (C=O) groups is 1. The molecule has 5 nitrogen and oxygen atoms in total. The van der Waals surface area contributed by atoms with Crippen LogP contribution in [0, 0.1) is 0 Å². The van der Waals surface area contributed by atoms with E-state index < -0.39 is 23.9 Å². The number of nitrogens with zero attached hydrogens (tertiary/aromatic N) is 3. The van der Waals surface area contributed by atoms with Crippen LogP contribution < -0.4 is 4.90 Å². The van der Waals surface area contributed by atoms with Gasteiger partial charge in [0.1, 0.15) is 5.54 Å². The Balaban J connectivity index is 0.000000396. The molecule has 0 aromatic heterocycles. The molecule has 2 aliphatic rings. The molecule has 0 saturated carbocycles. The molecule has 11 heteroatoms. The molecule has 30 heavy (non-hydrogen) atoms. The molecule has 1 aromatic carbocycles. The maximum atomic E-state index is 13.2. The van der Waals surface area contributed by atoms with Gasteiger partial charge in [-0.3, -0.25) is 9.89 Å². The molecule has 0 saturated heterocycles. The summed E-state index contributed by atoms with van der Waals surface area (Å²) >= 11 is 0. The lowest BCUT2D eigenvalue weighted by Gasteiger charge is -2.36. The minimum Gasteiger partial charge on any atom is -0.475 e. The molecule has 0 fully saturated rings. The van der Waals surface area contributed by atoms with E-state index in [1.807, 2.05) is 41.6 Å². The van der Waals surface area contributed by atoms with Crippen molar-refractivity contribution >= 4 is 17.9 Å². The number of carboxylic acids is 1. The highest BCUT2D eigenvalue weighted by molar-refractivity contribution is 5.74. The Labute approximate surface area is 168 Å².